The van der Waals surface area contributed by atoms with Crippen molar-refractivity contribution in [3.63, 3.8) is 0 Å². The number of carbonyl (C=O) groups excluding carboxylic acids is 1. The molecule has 0 unspecified atom stereocenters. The first-order valence-electron chi connectivity index (χ1n) is 17.3. The van der Waals surface area contributed by atoms with Crippen molar-refractivity contribution in [1.29, 1.82) is 0 Å². The fourth-order valence-corrected chi connectivity index (χ4v) is 8.05. The Morgan fingerprint density at radius 3 is 2.79 bits per heavy atom. The van der Waals surface area contributed by atoms with Crippen molar-refractivity contribution in [2.45, 2.75) is 44.1 Å². The summed E-state index contributed by atoms with van der Waals surface area (Å²) in [6, 6.07) is 11.0. The van der Waals surface area contributed by atoms with Gasteiger partial charge in [-0.1, -0.05) is 47.1 Å². The quantitative estimate of drug-likeness (QED) is 0.145. The highest BCUT2D eigenvalue weighted by Crippen LogP contribution is 2.41. The molecule has 3 fully saturated rings. The van der Waals surface area contributed by atoms with E-state index in [0.29, 0.717) is 59.8 Å². The molecule has 0 radical (unpaired) electrons. The SMILES string of the molecule is C[C@@H](F)c1noc(/C=C/C(=O)N2CC(CN(C)c3nc(OC[C@@]45CCCN4C[C@H](F)C5)nc4c(F)c(-c5cccc6cccc(Cl)c56)ncc34)C2)n1. The van der Waals surface area contributed by atoms with E-state index in [2.05, 4.69) is 25.0 Å². The van der Waals surface area contributed by atoms with Gasteiger partial charge in [0, 0.05) is 79.9 Å². The van der Waals surface area contributed by atoms with E-state index in [1.807, 2.05) is 36.2 Å². The van der Waals surface area contributed by atoms with Crippen LogP contribution in [0.15, 0.2) is 53.2 Å². The summed E-state index contributed by atoms with van der Waals surface area (Å²) in [6.07, 6.45) is 4.06. The molecule has 11 nitrogen and oxygen atoms in total. The van der Waals surface area contributed by atoms with Crippen LogP contribution >= 0.6 is 11.6 Å². The molecule has 0 bridgehead atoms. The molecule has 52 heavy (non-hydrogen) atoms. The van der Waals surface area contributed by atoms with Gasteiger partial charge in [0.25, 0.3) is 5.89 Å². The molecule has 0 N–H and O–H groups in total. The van der Waals surface area contributed by atoms with Crippen molar-refractivity contribution < 1.29 is 27.2 Å². The third-order valence-electron chi connectivity index (χ3n) is 10.3. The van der Waals surface area contributed by atoms with Crippen LogP contribution in [-0.4, -0.2) is 98.9 Å². The molecule has 5 aromatic rings. The lowest BCUT2D eigenvalue weighted by Crippen LogP contribution is -2.53. The van der Waals surface area contributed by atoms with Crippen LogP contribution < -0.4 is 9.64 Å². The number of rotatable bonds is 10. The van der Waals surface area contributed by atoms with Gasteiger partial charge in [-0.05, 0) is 37.8 Å². The first-order chi connectivity index (χ1) is 25.1. The lowest BCUT2D eigenvalue weighted by molar-refractivity contribution is -0.131. The fraction of sp³-hybridized carbons (Fsp3) is 0.405. The number of fused-ring (bicyclic) bond motifs is 3. The summed E-state index contributed by atoms with van der Waals surface area (Å²) in [7, 11) is 1.84. The van der Waals surface area contributed by atoms with Crippen LogP contribution in [0.25, 0.3) is 39.0 Å². The Hall–Kier alpha value is -4.82. The number of pyridine rings is 1. The van der Waals surface area contributed by atoms with E-state index < -0.39 is 23.7 Å². The van der Waals surface area contributed by atoms with E-state index in [9.17, 15) is 13.6 Å². The van der Waals surface area contributed by atoms with E-state index in [4.69, 9.17) is 25.8 Å². The highest BCUT2D eigenvalue weighted by Gasteiger charge is 2.49. The minimum Gasteiger partial charge on any atom is -0.461 e. The van der Waals surface area contributed by atoms with Crippen molar-refractivity contribution in [3.8, 4) is 17.3 Å². The average Bonchev–Trinajstić information content (AvgIpc) is 3.82. The van der Waals surface area contributed by atoms with Crippen LogP contribution in [0.2, 0.25) is 5.02 Å². The molecule has 1 amide bonds. The van der Waals surface area contributed by atoms with Crippen molar-refractivity contribution in [2.75, 3.05) is 51.3 Å². The predicted molar refractivity (Wildman–Crippen MR) is 190 cm³/mol. The summed E-state index contributed by atoms with van der Waals surface area (Å²) in [4.78, 5) is 36.3. The Morgan fingerprint density at radius 2 is 2.00 bits per heavy atom. The molecule has 3 aromatic heterocycles. The Bertz CT molecular complexity index is 2190. The van der Waals surface area contributed by atoms with Crippen molar-refractivity contribution in [1.82, 2.24) is 34.9 Å². The van der Waals surface area contributed by atoms with Gasteiger partial charge >= 0.3 is 6.01 Å². The summed E-state index contributed by atoms with van der Waals surface area (Å²) in [5.41, 5.74) is 0.222. The van der Waals surface area contributed by atoms with Crippen LogP contribution in [0.1, 0.15) is 44.1 Å². The summed E-state index contributed by atoms with van der Waals surface area (Å²) in [5.74, 6) is -0.419. The van der Waals surface area contributed by atoms with Gasteiger partial charge in [0.15, 0.2) is 12.0 Å². The third kappa shape index (κ3) is 6.31. The van der Waals surface area contributed by atoms with E-state index in [-0.39, 0.29) is 47.4 Å². The van der Waals surface area contributed by atoms with Gasteiger partial charge in [-0.25, -0.2) is 13.2 Å². The summed E-state index contributed by atoms with van der Waals surface area (Å²) >= 11 is 6.60. The Balaban J connectivity index is 1.07. The smallest absolute Gasteiger partial charge is 0.319 e. The zero-order chi connectivity index (χ0) is 36.1. The topological polar surface area (TPSA) is 114 Å². The Kier molecular flexibility index (Phi) is 8.98. The maximum absolute atomic E-state index is 16.7. The second-order valence-electron chi connectivity index (χ2n) is 14.0. The number of carbonyl (C=O) groups is 1. The highest BCUT2D eigenvalue weighted by atomic mass is 35.5. The van der Waals surface area contributed by atoms with Gasteiger partial charge in [-0.3, -0.25) is 14.7 Å². The number of benzene rings is 2. The normalized spacial score (nSPS) is 21.3. The van der Waals surface area contributed by atoms with Crippen molar-refractivity contribution in [3.05, 3.63) is 71.2 Å². The Labute approximate surface area is 302 Å². The summed E-state index contributed by atoms with van der Waals surface area (Å²) in [5, 5.41) is 5.95. The maximum Gasteiger partial charge on any atom is 0.319 e. The minimum absolute atomic E-state index is 0.00762. The van der Waals surface area contributed by atoms with Gasteiger partial charge in [0.05, 0.1) is 10.9 Å². The highest BCUT2D eigenvalue weighted by molar-refractivity contribution is 6.36. The molecule has 3 aliphatic heterocycles. The molecule has 0 aliphatic carbocycles. The van der Waals surface area contributed by atoms with Crippen molar-refractivity contribution >= 4 is 51.1 Å². The average molecular weight is 733 g/mol. The lowest BCUT2D eigenvalue weighted by Gasteiger charge is -2.40. The van der Waals surface area contributed by atoms with Crippen molar-refractivity contribution in [2.24, 2.45) is 5.92 Å². The number of nitrogens with zero attached hydrogens (tertiary/aromatic N) is 8. The van der Waals surface area contributed by atoms with Gasteiger partial charge < -0.3 is 19.1 Å². The predicted octanol–water partition coefficient (Wildman–Crippen LogP) is 6.61. The molecule has 3 aliphatic rings. The molecule has 0 saturated carbocycles. The number of hydrogen-bond acceptors (Lipinski definition) is 10. The third-order valence-corrected chi connectivity index (χ3v) is 10.6. The van der Waals surface area contributed by atoms with Crippen LogP contribution in [0.5, 0.6) is 6.01 Å². The standard InChI is InChI=1S/C37H36ClF3N8O3/c1-21(39)34-43-28(52-46-34)10-11-29(50)48-17-22(18-48)16-47(2)35-26-15-42-32(25-8-3-6-23-7-4-9-27(38)30(23)25)31(41)33(26)44-36(45-35)51-20-37-12-5-13-49(37)19-24(40)14-37/h3-4,6-11,15,21-22,24H,5,12-14,16-20H2,1-2H3/b11-10+/t21-,24-,37+/m1/s1. The monoisotopic (exact) mass is 732 g/mol. The first kappa shape index (κ1) is 34.3. The molecular formula is C37H36ClF3N8O3. The number of aromatic nitrogens is 5. The van der Waals surface area contributed by atoms with Crippen LogP contribution in [0, 0.1) is 11.7 Å². The number of likely N-dealkylation sites (tertiary alicyclic amines) is 1. The number of halogens is 4. The number of ether oxygens (including phenoxy) is 1. The van der Waals surface area contributed by atoms with E-state index in [1.165, 1.54) is 19.1 Å². The molecule has 8 rings (SSSR count). The largest absolute Gasteiger partial charge is 0.461 e. The summed E-state index contributed by atoms with van der Waals surface area (Å²) < 4.78 is 55.9. The van der Waals surface area contributed by atoms with E-state index in [1.54, 1.807) is 23.2 Å². The number of amides is 1. The van der Waals surface area contributed by atoms with E-state index in [0.717, 1.165) is 24.8 Å². The van der Waals surface area contributed by atoms with Gasteiger partial charge in [0.1, 0.15) is 29.8 Å². The molecule has 3 atom stereocenters. The Morgan fingerprint density at radius 1 is 1.19 bits per heavy atom. The van der Waals surface area contributed by atoms with E-state index >= 15 is 4.39 Å². The van der Waals surface area contributed by atoms with Gasteiger partial charge in [-0.15, -0.1) is 0 Å². The molecule has 3 saturated heterocycles. The fourth-order valence-electron chi connectivity index (χ4n) is 7.77. The molecule has 0 spiro atoms. The zero-order valence-corrected chi connectivity index (χ0v) is 29.4. The second-order valence-corrected chi connectivity index (χ2v) is 14.4. The molecule has 2 aromatic carbocycles. The second kappa shape index (κ2) is 13.6. The number of alkyl halides is 2. The lowest BCUT2D eigenvalue weighted by atomic mass is 9.95. The molecule has 6 heterocycles. The molecular weight excluding hydrogens is 697 g/mol. The zero-order valence-electron chi connectivity index (χ0n) is 28.6. The first-order valence-corrected chi connectivity index (χ1v) is 17.7. The maximum atomic E-state index is 16.7. The van der Waals surface area contributed by atoms with Gasteiger partial charge in [0.2, 0.25) is 11.7 Å². The summed E-state index contributed by atoms with van der Waals surface area (Å²) in [6.45, 7) is 4.10. The minimum atomic E-state index is -1.38. The number of hydrogen-bond donors (Lipinski definition) is 0. The van der Waals surface area contributed by atoms with Crippen LogP contribution in [0.4, 0.5) is 19.0 Å². The van der Waals surface area contributed by atoms with Gasteiger partial charge in [-0.2, -0.15) is 15.0 Å². The molecule has 15 heteroatoms. The van der Waals surface area contributed by atoms with Crippen LogP contribution in [-0.2, 0) is 4.79 Å². The molecule has 270 valence electrons. The number of anilines is 1. The van der Waals surface area contributed by atoms with Crippen LogP contribution in [0.3, 0.4) is 0 Å².